The number of thiophene rings is 2. The Morgan fingerprint density at radius 1 is 1.00 bits per heavy atom. The number of hydrogen-bond donors (Lipinski definition) is 1. The molecule has 1 fully saturated rings. The SMILES string of the molecule is O=C(NC1CCCCC1)[C@@H](c1ccccc1F)N(Cc1cccs1)C(=O)c1cccs1. The first-order valence-corrected chi connectivity index (χ1v) is 12.3. The first-order chi connectivity index (χ1) is 15.1. The summed E-state index contributed by atoms with van der Waals surface area (Å²) in [4.78, 5) is 30.0. The largest absolute Gasteiger partial charge is 0.351 e. The Balaban J connectivity index is 1.72. The fourth-order valence-corrected chi connectivity index (χ4v) is 5.45. The molecule has 162 valence electrons. The fraction of sp³-hybridized carbons (Fsp3) is 0.333. The van der Waals surface area contributed by atoms with E-state index < -0.39 is 11.9 Å². The maximum Gasteiger partial charge on any atom is 0.265 e. The van der Waals surface area contributed by atoms with Gasteiger partial charge in [0.1, 0.15) is 11.9 Å². The lowest BCUT2D eigenvalue weighted by atomic mass is 9.94. The molecule has 1 atom stereocenters. The Kier molecular flexibility index (Phi) is 7.14. The molecular weight excluding hydrogens is 431 g/mol. The summed E-state index contributed by atoms with van der Waals surface area (Å²) in [7, 11) is 0. The van der Waals surface area contributed by atoms with Gasteiger partial charge in [0.05, 0.1) is 11.4 Å². The number of hydrogen-bond acceptors (Lipinski definition) is 4. The van der Waals surface area contributed by atoms with Crippen LogP contribution in [0.1, 0.15) is 58.3 Å². The number of benzene rings is 1. The predicted octanol–water partition coefficient (Wildman–Crippen LogP) is 5.78. The zero-order valence-corrected chi connectivity index (χ0v) is 18.8. The van der Waals surface area contributed by atoms with Crippen molar-refractivity contribution in [1.29, 1.82) is 0 Å². The molecule has 4 nitrogen and oxygen atoms in total. The molecule has 0 bridgehead atoms. The first-order valence-electron chi connectivity index (χ1n) is 10.5. The number of nitrogens with one attached hydrogen (secondary N) is 1. The average molecular weight is 457 g/mol. The second-order valence-corrected chi connectivity index (χ2v) is 9.74. The van der Waals surface area contributed by atoms with Gasteiger partial charge in [0.25, 0.3) is 5.91 Å². The quantitative estimate of drug-likeness (QED) is 0.490. The van der Waals surface area contributed by atoms with Gasteiger partial charge in [-0.2, -0.15) is 0 Å². The highest BCUT2D eigenvalue weighted by atomic mass is 32.1. The molecule has 0 unspecified atom stereocenters. The summed E-state index contributed by atoms with van der Waals surface area (Å²) in [6.45, 7) is 0.242. The van der Waals surface area contributed by atoms with Gasteiger partial charge in [-0.1, -0.05) is 49.6 Å². The van der Waals surface area contributed by atoms with Gasteiger partial charge in [-0.3, -0.25) is 9.59 Å². The number of carbonyl (C=O) groups is 2. The van der Waals surface area contributed by atoms with E-state index in [-0.39, 0.29) is 30.0 Å². The molecule has 7 heteroatoms. The summed E-state index contributed by atoms with van der Waals surface area (Å²) in [5.74, 6) is -1.07. The van der Waals surface area contributed by atoms with Gasteiger partial charge in [-0.05, 0) is 41.8 Å². The van der Waals surface area contributed by atoms with Crippen molar-refractivity contribution in [2.24, 2.45) is 0 Å². The molecule has 1 saturated carbocycles. The minimum Gasteiger partial charge on any atom is -0.351 e. The van der Waals surface area contributed by atoms with Crippen LogP contribution in [0.5, 0.6) is 0 Å². The average Bonchev–Trinajstić information content (AvgIpc) is 3.49. The van der Waals surface area contributed by atoms with Crippen molar-refractivity contribution < 1.29 is 14.0 Å². The summed E-state index contributed by atoms with van der Waals surface area (Å²) >= 11 is 2.84. The summed E-state index contributed by atoms with van der Waals surface area (Å²) in [6.07, 6.45) is 5.15. The van der Waals surface area contributed by atoms with Crippen LogP contribution in [0, 0.1) is 5.82 Å². The molecule has 0 spiro atoms. The van der Waals surface area contributed by atoms with Gasteiger partial charge >= 0.3 is 0 Å². The maximum atomic E-state index is 14.9. The summed E-state index contributed by atoms with van der Waals surface area (Å²) in [5, 5.41) is 6.88. The van der Waals surface area contributed by atoms with E-state index in [4.69, 9.17) is 0 Å². The third-order valence-electron chi connectivity index (χ3n) is 5.61. The first kappa shape index (κ1) is 21.7. The molecule has 2 heterocycles. The van der Waals surface area contributed by atoms with Crippen LogP contribution in [-0.2, 0) is 11.3 Å². The number of amides is 2. The van der Waals surface area contributed by atoms with Crippen molar-refractivity contribution in [3.05, 3.63) is 80.4 Å². The van der Waals surface area contributed by atoms with Gasteiger partial charge in [0, 0.05) is 16.5 Å². The van der Waals surface area contributed by atoms with Crippen LogP contribution in [0.4, 0.5) is 4.39 Å². The number of halogens is 1. The lowest BCUT2D eigenvalue weighted by Crippen LogP contribution is -2.47. The smallest absolute Gasteiger partial charge is 0.265 e. The van der Waals surface area contributed by atoms with Gasteiger partial charge in [-0.15, -0.1) is 22.7 Å². The van der Waals surface area contributed by atoms with E-state index in [0.717, 1.165) is 30.6 Å². The maximum absolute atomic E-state index is 14.9. The monoisotopic (exact) mass is 456 g/mol. The molecule has 1 aliphatic rings. The van der Waals surface area contributed by atoms with Crippen molar-refractivity contribution in [1.82, 2.24) is 10.2 Å². The van der Waals surface area contributed by atoms with E-state index in [1.165, 1.54) is 40.1 Å². The molecular formula is C24H25FN2O2S2. The minimum atomic E-state index is -1.04. The molecule has 3 aromatic rings. The number of carbonyl (C=O) groups excluding carboxylic acids is 2. The van der Waals surface area contributed by atoms with E-state index in [1.54, 1.807) is 30.3 Å². The van der Waals surface area contributed by atoms with Crippen LogP contribution in [0.25, 0.3) is 0 Å². The molecule has 4 rings (SSSR count). The summed E-state index contributed by atoms with van der Waals surface area (Å²) in [6, 6.07) is 12.7. The molecule has 1 N–H and O–H groups in total. The van der Waals surface area contributed by atoms with Crippen molar-refractivity contribution in [2.45, 2.75) is 50.7 Å². The third-order valence-corrected chi connectivity index (χ3v) is 7.33. The van der Waals surface area contributed by atoms with E-state index in [2.05, 4.69) is 5.32 Å². The molecule has 0 saturated heterocycles. The van der Waals surface area contributed by atoms with Crippen LogP contribution in [0.15, 0.2) is 59.3 Å². The van der Waals surface area contributed by atoms with Crippen LogP contribution < -0.4 is 5.32 Å². The van der Waals surface area contributed by atoms with Crippen molar-refractivity contribution in [3.63, 3.8) is 0 Å². The highest BCUT2D eigenvalue weighted by Crippen LogP contribution is 2.30. The Bertz CT molecular complexity index is 999. The zero-order valence-electron chi connectivity index (χ0n) is 17.1. The molecule has 2 aromatic heterocycles. The van der Waals surface area contributed by atoms with E-state index in [1.807, 2.05) is 22.9 Å². The summed E-state index contributed by atoms with van der Waals surface area (Å²) in [5.41, 5.74) is 0.220. The van der Waals surface area contributed by atoms with Crippen molar-refractivity contribution in [2.75, 3.05) is 0 Å². The normalized spacial score (nSPS) is 15.4. The predicted molar refractivity (Wildman–Crippen MR) is 123 cm³/mol. The van der Waals surface area contributed by atoms with Crippen LogP contribution >= 0.6 is 22.7 Å². The van der Waals surface area contributed by atoms with E-state index in [9.17, 15) is 14.0 Å². The van der Waals surface area contributed by atoms with Crippen LogP contribution in [0.2, 0.25) is 0 Å². The Morgan fingerprint density at radius 2 is 1.74 bits per heavy atom. The Morgan fingerprint density at radius 3 is 2.42 bits per heavy atom. The highest BCUT2D eigenvalue weighted by molar-refractivity contribution is 7.12. The van der Waals surface area contributed by atoms with Crippen LogP contribution in [-0.4, -0.2) is 22.8 Å². The molecule has 1 aliphatic carbocycles. The second kappa shape index (κ2) is 10.2. The second-order valence-electron chi connectivity index (χ2n) is 7.76. The number of nitrogens with zero attached hydrogens (tertiary/aromatic N) is 1. The van der Waals surface area contributed by atoms with Gasteiger partial charge in [-0.25, -0.2) is 4.39 Å². The van der Waals surface area contributed by atoms with Gasteiger partial charge < -0.3 is 10.2 Å². The minimum absolute atomic E-state index is 0.0657. The fourth-order valence-electron chi connectivity index (χ4n) is 4.07. The molecule has 31 heavy (non-hydrogen) atoms. The molecule has 0 aliphatic heterocycles. The molecule has 1 aromatic carbocycles. The van der Waals surface area contributed by atoms with Gasteiger partial charge in [0.2, 0.25) is 5.91 Å². The molecule has 2 amide bonds. The van der Waals surface area contributed by atoms with Crippen molar-refractivity contribution >= 4 is 34.5 Å². The summed E-state index contributed by atoms with van der Waals surface area (Å²) < 4.78 is 14.9. The lowest BCUT2D eigenvalue weighted by molar-refractivity contribution is -0.127. The highest BCUT2D eigenvalue weighted by Gasteiger charge is 2.35. The third kappa shape index (κ3) is 5.22. The van der Waals surface area contributed by atoms with E-state index in [0.29, 0.717) is 4.88 Å². The Labute approximate surface area is 189 Å². The van der Waals surface area contributed by atoms with Gasteiger partial charge in [0.15, 0.2) is 0 Å². The molecule has 0 radical (unpaired) electrons. The topological polar surface area (TPSA) is 49.4 Å². The number of rotatable bonds is 7. The lowest BCUT2D eigenvalue weighted by Gasteiger charge is -2.33. The van der Waals surface area contributed by atoms with E-state index >= 15 is 0 Å². The standard InChI is InChI=1S/C24H25FN2O2S2/c25-20-12-5-4-11-19(20)22(23(28)26-17-8-2-1-3-9-17)27(16-18-10-6-14-30-18)24(29)21-13-7-15-31-21/h4-7,10-15,17,22H,1-3,8-9,16H2,(H,26,28)/t22-/m1/s1. The van der Waals surface area contributed by atoms with Crippen molar-refractivity contribution in [3.8, 4) is 0 Å². The van der Waals surface area contributed by atoms with Crippen LogP contribution in [0.3, 0.4) is 0 Å². The Hall–Kier alpha value is -2.51. The zero-order chi connectivity index (χ0) is 21.6.